The van der Waals surface area contributed by atoms with E-state index in [0.29, 0.717) is 6.42 Å². The Balaban J connectivity index is 4.93. The minimum atomic E-state index is -0.736. The average Bonchev–Trinajstić information content (AvgIpc) is 2.47. The molecule has 2 unspecified atom stereocenters. The number of rotatable bonds is 10. The summed E-state index contributed by atoms with van der Waals surface area (Å²) in [5.41, 5.74) is 0. The maximum atomic E-state index is 12.0. The average molecular weight is 360 g/mol. The van der Waals surface area contributed by atoms with Crippen LogP contribution in [0.4, 0.5) is 9.59 Å². The third-order valence-electron chi connectivity index (χ3n) is 3.28. The molecule has 0 fully saturated rings. The van der Waals surface area contributed by atoms with Crippen molar-refractivity contribution < 1.29 is 28.5 Å². The van der Waals surface area contributed by atoms with Gasteiger partial charge in [-0.25, -0.2) is 9.59 Å². The summed E-state index contributed by atoms with van der Waals surface area (Å²) >= 11 is 0. The second kappa shape index (κ2) is 12.0. The predicted molar refractivity (Wildman–Crippen MR) is 96.4 cm³/mol. The van der Waals surface area contributed by atoms with Crippen molar-refractivity contribution in [3.05, 3.63) is 0 Å². The van der Waals surface area contributed by atoms with Crippen LogP contribution in [0.1, 0.15) is 61.8 Å². The van der Waals surface area contributed by atoms with E-state index >= 15 is 0 Å². The van der Waals surface area contributed by atoms with Gasteiger partial charge < -0.3 is 18.9 Å². The summed E-state index contributed by atoms with van der Waals surface area (Å²) in [4.78, 5) is 23.9. The van der Waals surface area contributed by atoms with Gasteiger partial charge in [0.2, 0.25) is 0 Å². The zero-order valence-electron chi connectivity index (χ0n) is 17.0. The molecule has 0 amide bonds. The molecule has 6 heteroatoms. The van der Waals surface area contributed by atoms with Crippen molar-refractivity contribution in [2.24, 2.45) is 23.7 Å². The zero-order chi connectivity index (χ0) is 19.6. The first-order chi connectivity index (χ1) is 11.5. The summed E-state index contributed by atoms with van der Waals surface area (Å²) in [5.74, 6) is 0.672. The van der Waals surface area contributed by atoms with Crippen molar-refractivity contribution in [2.75, 3.05) is 13.2 Å². The fourth-order valence-corrected chi connectivity index (χ4v) is 2.13. The summed E-state index contributed by atoms with van der Waals surface area (Å²) in [7, 11) is 0. The molecule has 0 bridgehead atoms. The normalized spacial score (nSPS) is 13.9. The van der Waals surface area contributed by atoms with E-state index in [-0.39, 0.29) is 36.9 Å². The predicted octanol–water partition coefficient (Wildman–Crippen LogP) is 5.04. The summed E-state index contributed by atoms with van der Waals surface area (Å²) in [5, 5.41) is 0. The van der Waals surface area contributed by atoms with E-state index < -0.39 is 24.5 Å². The summed E-state index contributed by atoms with van der Waals surface area (Å²) in [6.45, 7) is 16.2. The van der Waals surface area contributed by atoms with Gasteiger partial charge in [0, 0.05) is 0 Å². The van der Waals surface area contributed by atoms with Gasteiger partial charge >= 0.3 is 12.3 Å². The van der Waals surface area contributed by atoms with E-state index in [1.807, 2.05) is 55.4 Å². The van der Waals surface area contributed by atoms with Crippen LogP contribution in [-0.4, -0.2) is 37.7 Å². The highest BCUT2D eigenvalue weighted by atomic mass is 16.8. The van der Waals surface area contributed by atoms with Crippen LogP contribution in [0.5, 0.6) is 0 Å². The van der Waals surface area contributed by atoms with E-state index in [2.05, 4.69) is 0 Å². The maximum Gasteiger partial charge on any atom is 0.508 e. The second-order valence-electron chi connectivity index (χ2n) is 8.02. The molecule has 0 saturated carbocycles. The van der Waals surface area contributed by atoms with Gasteiger partial charge in [0.05, 0.1) is 13.2 Å². The molecule has 0 aromatic carbocycles. The summed E-state index contributed by atoms with van der Waals surface area (Å²) in [6, 6.07) is 0. The molecule has 0 N–H and O–H groups in total. The Morgan fingerprint density at radius 3 is 1.48 bits per heavy atom. The largest absolute Gasteiger partial charge is 0.508 e. The standard InChI is InChI=1S/C19H36O6/c1-12(2)9-16(24-18(20)22-10-13(3)4)17(15(7)8)25-19(21)23-11-14(5)6/h12-17H,9-11H2,1-8H3. The lowest BCUT2D eigenvalue weighted by Crippen LogP contribution is -2.40. The Bertz CT molecular complexity index is 389. The van der Waals surface area contributed by atoms with Gasteiger partial charge in [0.25, 0.3) is 0 Å². The van der Waals surface area contributed by atoms with Crippen LogP contribution in [0, 0.1) is 23.7 Å². The number of hydrogen-bond donors (Lipinski definition) is 0. The lowest BCUT2D eigenvalue weighted by Gasteiger charge is -2.30. The van der Waals surface area contributed by atoms with Crippen LogP contribution < -0.4 is 0 Å². The Kier molecular flexibility index (Phi) is 11.3. The first-order valence-electron chi connectivity index (χ1n) is 9.19. The summed E-state index contributed by atoms with van der Waals surface area (Å²) < 4.78 is 21.1. The lowest BCUT2D eigenvalue weighted by atomic mass is 9.94. The highest BCUT2D eigenvalue weighted by Gasteiger charge is 2.33. The zero-order valence-corrected chi connectivity index (χ0v) is 17.0. The second-order valence-corrected chi connectivity index (χ2v) is 8.02. The molecule has 0 aliphatic rings. The quantitative estimate of drug-likeness (QED) is 0.508. The first kappa shape index (κ1) is 23.5. The Morgan fingerprint density at radius 2 is 1.12 bits per heavy atom. The Labute approximate surface area is 152 Å². The van der Waals surface area contributed by atoms with E-state index in [0.717, 1.165) is 0 Å². The molecule has 25 heavy (non-hydrogen) atoms. The van der Waals surface area contributed by atoms with Crippen LogP contribution in [0.25, 0.3) is 0 Å². The minimum absolute atomic E-state index is 0.0340. The molecule has 0 saturated heterocycles. The number of carbonyl (C=O) groups excluding carboxylic acids is 2. The van der Waals surface area contributed by atoms with Gasteiger partial charge in [0.1, 0.15) is 12.2 Å². The van der Waals surface area contributed by atoms with Crippen LogP contribution >= 0.6 is 0 Å². The van der Waals surface area contributed by atoms with Gasteiger partial charge in [-0.15, -0.1) is 0 Å². The number of hydrogen-bond acceptors (Lipinski definition) is 6. The molecular weight excluding hydrogens is 324 g/mol. The fraction of sp³-hybridized carbons (Fsp3) is 0.895. The minimum Gasteiger partial charge on any atom is -0.434 e. The van der Waals surface area contributed by atoms with E-state index in [4.69, 9.17) is 18.9 Å². The van der Waals surface area contributed by atoms with Gasteiger partial charge in [-0.1, -0.05) is 55.4 Å². The highest BCUT2D eigenvalue weighted by molar-refractivity contribution is 5.61. The SMILES string of the molecule is CC(C)COC(=O)OC(CC(C)C)C(OC(=O)OCC(C)C)C(C)C. The number of ether oxygens (including phenoxy) is 4. The molecule has 6 nitrogen and oxygen atoms in total. The van der Waals surface area contributed by atoms with Crippen LogP contribution in [-0.2, 0) is 18.9 Å². The van der Waals surface area contributed by atoms with Crippen molar-refractivity contribution >= 4 is 12.3 Å². The molecule has 0 spiro atoms. The molecule has 148 valence electrons. The summed E-state index contributed by atoms with van der Waals surface area (Å²) in [6.07, 6.45) is -2.07. The van der Waals surface area contributed by atoms with Crippen LogP contribution in [0.2, 0.25) is 0 Å². The molecule has 0 aromatic rings. The third kappa shape index (κ3) is 11.7. The molecule has 0 radical (unpaired) electrons. The van der Waals surface area contributed by atoms with Crippen molar-refractivity contribution in [2.45, 2.75) is 74.0 Å². The molecule has 0 aliphatic heterocycles. The number of carbonyl (C=O) groups is 2. The molecular formula is C19H36O6. The van der Waals surface area contributed by atoms with Gasteiger partial charge in [-0.3, -0.25) is 0 Å². The van der Waals surface area contributed by atoms with Crippen LogP contribution in [0.15, 0.2) is 0 Å². The fourth-order valence-electron chi connectivity index (χ4n) is 2.13. The van der Waals surface area contributed by atoms with Gasteiger partial charge in [0.15, 0.2) is 0 Å². The van der Waals surface area contributed by atoms with Crippen molar-refractivity contribution in [3.8, 4) is 0 Å². The Morgan fingerprint density at radius 1 is 0.680 bits per heavy atom. The molecule has 2 atom stereocenters. The van der Waals surface area contributed by atoms with Crippen molar-refractivity contribution in [1.82, 2.24) is 0 Å². The van der Waals surface area contributed by atoms with Crippen LogP contribution in [0.3, 0.4) is 0 Å². The smallest absolute Gasteiger partial charge is 0.434 e. The molecule has 0 aromatic heterocycles. The maximum absolute atomic E-state index is 12.0. The first-order valence-corrected chi connectivity index (χ1v) is 9.19. The van der Waals surface area contributed by atoms with E-state index in [1.54, 1.807) is 0 Å². The van der Waals surface area contributed by atoms with Gasteiger partial charge in [-0.05, 0) is 30.1 Å². The molecule has 0 rings (SSSR count). The van der Waals surface area contributed by atoms with Gasteiger partial charge in [-0.2, -0.15) is 0 Å². The Hall–Kier alpha value is -1.46. The van der Waals surface area contributed by atoms with Crippen molar-refractivity contribution in [1.29, 1.82) is 0 Å². The van der Waals surface area contributed by atoms with E-state index in [9.17, 15) is 9.59 Å². The highest BCUT2D eigenvalue weighted by Crippen LogP contribution is 2.22. The lowest BCUT2D eigenvalue weighted by molar-refractivity contribution is -0.0789. The monoisotopic (exact) mass is 360 g/mol. The van der Waals surface area contributed by atoms with E-state index in [1.165, 1.54) is 0 Å². The topological polar surface area (TPSA) is 71.1 Å². The van der Waals surface area contributed by atoms with Crippen molar-refractivity contribution in [3.63, 3.8) is 0 Å². The third-order valence-corrected chi connectivity index (χ3v) is 3.28. The molecule has 0 heterocycles. The molecule has 0 aliphatic carbocycles.